The number of quaternary nitrogens is 1. The third kappa shape index (κ3) is 5.20. The summed E-state index contributed by atoms with van der Waals surface area (Å²) in [6, 6.07) is 28.3. The summed E-state index contributed by atoms with van der Waals surface area (Å²) in [5.74, 6) is -2.37. The molecule has 4 aromatic carbocycles. The Morgan fingerprint density at radius 1 is 0.705 bits per heavy atom. The average Bonchev–Trinajstić information content (AvgIpc) is 3.56. The van der Waals surface area contributed by atoms with E-state index in [4.69, 9.17) is 28.3 Å². The van der Waals surface area contributed by atoms with E-state index in [9.17, 15) is 19.8 Å². The topological polar surface area (TPSA) is 114 Å². The molecule has 0 saturated carbocycles. The minimum atomic E-state index is -1.17. The van der Waals surface area contributed by atoms with E-state index in [1.807, 2.05) is 24.3 Å². The molecule has 0 amide bonds. The quantitative estimate of drug-likeness (QED) is 0.283. The van der Waals surface area contributed by atoms with Gasteiger partial charge >= 0.3 is 5.97 Å². The van der Waals surface area contributed by atoms with Crippen LogP contribution in [-0.2, 0) is 0 Å². The fourth-order valence-electron chi connectivity index (χ4n) is 7.79. The maximum atomic E-state index is 11.9. The van der Waals surface area contributed by atoms with Gasteiger partial charge < -0.3 is 25.4 Å². The van der Waals surface area contributed by atoms with Crippen LogP contribution in [0.25, 0.3) is 0 Å². The number of benzene rings is 4. The van der Waals surface area contributed by atoms with E-state index in [0.717, 1.165) is 22.3 Å². The largest absolute Gasteiger partial charge is 0.545 e. The van der Waals surface area contributed by atoms with E-state index >= 15 is 0 Å². The SMILES string of the molecule is ClCCl.O=C([O-])c1ccc2c(c1)[C@@H]1c3ccccc3[C@H]2[C@H]2c3ccccc3[C@@H]1c1ccc(C(=O)O)cc12.OC[C@@H]1CCC[NH2+]1. The van der Waals surface area contributed by atoms with Crippen LogP contribution in [0.2, 0.25) is 0 Å². The molecule has 1 saturated heterocycles. The monoisotopic (exact) mass is 629 g/mol. The molecular formula is C36H33Cl2NO5. The zero-order chi connectivity index (χ0) is 31.0. The van der Waals surface area contributed by atoms with Crippen LogP contribution >= 0.6 is 23.2 Å². The summed E-state index contributed by atoms with van der Waals surface area (Å²) in [5, 5.41) is 32.5. The molecule has 6 aliphatic carbocycles. The van der Waals surface area contributed by atoms with Crippen molar-refractivity contribution in [3.8, 4) is 0 Å². The van der Waals surface area contributed by atoms with Crippen molar-refractivity contribution >= 4 is 35.1 Å². The maximum absolute atomic E-state index is 11.9. The molecule has 4 N–H and O–H groups in total. The van der Waals surface area contributed by atoms with Gasteiger partial charge in [-0.1, -0.05) is 66.7 Å². The van der Waals surface area contributed by atoms with Gasteiger partial charge in [-0.05, 0) is 68.3 Å². The molecular weight excluding hydrogens is 597 g/mol. The fourth-order valence-corrected chi connectivity index (χ4v) is 7.79. The first kappa shape index (κ1) is 30.4. The molecule has 1 heterocycles. The van der Waals surface area contributed by atoms with Gasteiger partial charge in [-0.15, -0.1) is 23.2 Å². The van der Waals surface area contributed by atoms with Crippen molar-refractivity contribution in [3.63, 3.8) is 0 Å². The van der Waals surface area contributed by atoms with E-state index in [2.05, 4.69) is 47.8 Å². The first-order chi connectivity index (χ1) is 21.4. The lowest BCUT2D eigenvalue weighted by atomic mass is 9.53. The first-order valence-electron chi connectivity index (χ1n) is 14.9. The highest BCUT2D eigenvalue weighted by molar-refractivity contribution is 6.40. The predicted molar refractivity (Wildman–Crippen MR) is 168 cm³/mol. The number of alkyl halides is 2. The smallest absolute Gasteiger partial charge is 0.335 e. The van der Waals surface area contributed by atoms with Crippen LogP contribution in [0.3, 0.4) is 0 Å². The number of carbonyl (C=O) groups excluding carboxylic acids is 1. The first-order valence-corrected chi connectivity index (χ1v) is 15.9. The minimum Gasteiger partial charge on any atom is -0.545 e. The number of halogens is 2. The Balaban J connectivity index is 0.000000297. The molecule has 44 heavy (non-hydrogen) atoms. The van der Waals surface area contributed by atoms with Gasteiger partial charge in [-0.3, -0.25) is 0 Å². The highest BCUT2D eigenvalue weighted by Gasteiger charge is 2.49. The number of hydrogen-bond donors (Lipinski definition) is 3. The van der Waals surface area contributed by atoms with E-state index in [-0.39, 0.29) is 34.6 Å². The molecule has 4 aromatic rings. The second-order valence-electron chi connectivity index (χ2n) is 11.7. The van der Waals surface area contributed by atoms with Crippen molar-refractivity contribution in [3.05, 3.63) is 141 Å². The lowest BCUT2D eigenvalue weighted by Crippen LogP contribution is -2.87. The van der Waals surface area contributed by atoms with Crippen LogP contribution in [0, 0.1) is 0 Å². The number of hydrogen-bond acceptors (Lipinski definition) is 4. The molecule has 0 radical (unpaired) electrons. The Bertz CT molecular complexity index is 1600. The lowest BCUT2D eigenvalue weighted by Gasteiger charge is -2.50. The number of rotatable bonds is 3. The second-order valence-corrected chi connectivity index (χ2v) is 12.5. The maximum Gasteiger partial charge on any atom is 0.335 e. The molecule has 11 rings (SSSR count). The summed E-state index contributed by atoms with van der Waals surface area (Å²) in [4.78, 5) is 23.7. The van der Waals surface area contributed by atoms with Crippen LogP contribution < -0.4 is 10.4 Å². The molecule has 0 unspecified atom stereocenters. The van der Waals surface area contributed by atoms with Gasteiger partial charge in [0.2, 0.25) is 0 Å². The van der Waals surface area contributed by atoms with Gasteiger partial charge in [0.25, 0.3) is 0 Å². The molecule has 1 aliphatic heterocycles. The van der Waals surface area contributed by atoms with Crippen LogP contribution in [-0.4, -0.2) is 46.7 Å². The standard InChI is InChI=1S/C30H20O4.C5H11NO.CH2Cl2/c31-29(32)15-9-11-21-23(13-15)27-19-7-3-1-5-17(19)25(21)28-20-8-4-2-6-18(20)26(27)22-12-10-16(30(33)34)14-24(22)28;7-4-5-2-1-3-6-5;2-1-3/h1-14,25-28H,(H,31,32)(H,33,34);5-7H,1-4H2;1H2/t25-,26-,27+,28+;5-;/m10./s1. The molecule has 226 valence electrons. The molecule has 0 spiro atoms. The zero-order valence-corrected chi connectivity index (χ0v) is 25.5. The van der Waals surface area contributed by atoms with E-state index in [0.29, 0.717) is 18.2 Å². The summed E-state index contributed by atoms with van der Waals surface area (Å²) in [7, 11) is 0. The van der Waals surface area contributed by atoms with E-state index < -0.39 is 11.9 Å². The van der Waals surface area contributed by atoms with Crippen LogP contribution in [0.5, 0.6) is 0 Å². The number of carboxylic acids is 2. The summed E-state index contributed by atoms with van der Waals surface area (Å²) in [6.45, 7) is 1.57. The Labute approximate surface area is 266 Å². The van der Waals surface area contributed by atoms with Gasteiger partial charge in [-0.25, -0.2) is 4.79 Å². The summed E-state index contributed by atoms with van der Waals surface area (Å²) < 4.78 is 0. The number of aliphatic hydroxyl groups is 1. The highest BCUT2D eigenvalue weighted by Crippen LogP contribution is 2.63. The Hall–Kier alpha value is -3.68. The van der Waals surface area contributed by atoms with E-state index in [1.165, 1.54) is 41.6 Å². The highest BCUT2D eigenvalue weighted by atomic mass is 35.5. The van der Waals surface area contributed by atoms with Gasteiger partial charge in [0.05, 0.1) is 30.0 Å². The average molecular weight is 631 g/mol. The Morgan fingerprint density at radius 2 is 1.11 bits per heavy atom. The molecule has 1 fully saturated rings. The van der Waals surface area contributed by atoms with Crippen molar-refractivity contribution in [2.75, 3.05) is 18.5 Å². The predicted octanol–water partition coefficient (Wildman–Crippen LogP) is 4.74. The second kappa shape index (κ2) is 12.7. The Morgan fingerprint density at radius 3 is 1.48 bits per heavy atom. The van der Waals surface area contributed by atoms with Crippen LogP contribution in [0.4, 0.5) is 0 Å². The summed E-state index contributed by atoms with van der Waals surface area (Å²) in [6.07, 6.45) is 2.49. The van der Waals surface area contributed by atoms with Crippen molar-refractivity contribution in [2.45, 2.75) is 42.6 Å². The van der Waals surface area contributed by atoms with Crippen molar-refractivity contribution in [1.82, 2.24) is 0 Å². The molecule has 7 aliphatic rings. The minimum absolute atomic E-state index is 0.0524. The number of carbonyl (C=O) groups is 2. The van der Waals surface area contributed by atoms with Crippen molar-refractivity contribution < 1.29 is 30.2 Å². The normalized spacial score (nSPS) is 22.8. The Kier molecular flexibility index (Phi) is 8.79. The number of aliphatic hydroxyl groups excluding tert-OH is 1. The van der Waals surface area contributed by atoms with Gasteiger partial charge in [-0.2, -0.15) is 0 Å². The molecule has 8 heteroatoms. The summed E-state index contributed by atoms with van der Waals surface area (Å²) in [5.41, 5.74) is 9.72. The van der Waals surface area contributed by atoms with Gasteiger partial charge in [0.1, 0.15) is 6.04 Å². The van der Waals surface area contributed by atoms with Gasteiger partial charge in [0, 0.05) is 36.5 Å². The van der Waals surface area contributed by atoms with Gasteiger partial charge in [0.15, 0.2) is 0 Å². The fraction of sp³-hybridized carbons (Fsp3) is 0.278. The molecule has 5 atom stereocenters. The zero-order valence-electron chi connectivity index (χ0n) is 24.0. The third-order valence-electron chi connectivity index (χ3n) is 9.51. The molecule has 0 aromatic heterocycles. The third-order valence-corrected chi connectivity index (χ3v) is 9.51. The van der Waals surface area contributed by atoms with Crippen LogP contribution in [0.1, 0.15) is 102 Å². The summed E-state index contributed by atoms with van der Waals surface area (Å²) >= 11 is 9.53. The van der Waals surface area contributed by atoms with Crippen LogP contribution in [0.15, 0.2) is 84.9 Å². The number of carboxylic acid groups (broad SMARTS) is 2. The van der Waals surface area contributed by atoms with E-state index in [1.54, 1.807) is 18.2 Å². The van der Waals surface area contributed by atoms with Crippen molar-refractivity contribution in [2.24, 2.45) is 0 Å². The molecule has 6 nitrogen and oxygen atoms in total. The number of aromatic carboxylic acids is 2. The van der Waals surface area contributed by atoms with Crippen molar-refractivity contribution in [1.29, 1.82) is 0 Å². The number of nitrogens with two attached hydrogens (primary N) is 1. The lowest BCUT2D eigenvalue weighted by molar-refractivity contribution is -0.671. The molecule has 4 bridgehead atoms.